The second-order valence-corrected chi connectivity index (χ2v) is 7.14. The normalized spacial score (nSPS) is 21.1. The van der Waals surface area contributed by atoms with Crippen molar-refractivity contribution in [1.29, 1.82) is 0 Å². The topological polar surface area (TPSA) is 69.6 Å². The highest BCUT2D eigenvalue weighted by Crippen LogP contribution is 2.32. The third-order valence-corrected chi connectivity index (χ3v) is 5.16. The predicted molar refractivity (Wildman–Crippen MR) is 92.6 cm³/mol. The fourth-order valence-electron chi connectivity index (χ4n) is 3.77. The Morgan fingerprint density at radius 3 is 2.75 bits per heavy atom. The van der Waals surface area contributed by atoms with E-state index in [9.17, 15) is 14.7 Å². The van der Waals surface area contributed by atoms with E-state index in [1.807, 2.05) is 31.2 Å². The molecule has 1 saturated carbocycles. The van der Waals surface area contributed by atoms with Crippen molar-refractivity contribution in [1.82, 2.24) is 5.32 Å². The van der Waals surface area contributed by atoms with Gasteiger partial charge in [-0.3, -0.25) is 9.59 Å². The minimum atomic E-state index is -0.826. The number of amides is 2. The Morgan fingerprint density at radius 1 is 1.33 bits per heavy atom. The van der Waals surface area contributed by atoms with Crippen molar-refractivity contribution in [3.63, 3.8) is 0 Å². The standard InChI is InChI=1S/C19H26N2O3/c1-14(20-17(22)13-19(24)9-2-3-10-19)15-6-4-7-16(12-15)21-11-5-8-18(21)23/h4,6-7,12,14,24H,2-3,5,8-11,13H2,1H3,(H,20,22). The lowest BCUT2D eigenvalue weighted by atomic mass is 9.97. The van der Waals surface area contributed by atoms with Gasteiger partial charge in [0, 0.05) is 18.7 Å². The molecule has 1 heterocycles. The maximum atomic E-state index is 12.2. The van der Waals surface area contributed by atoms with E-state index in [1.165, 1.54) is 0 Å². The molecule has 1 saturated heterocycles. The molecule has 3 rings (SSSR count). The van der Waals surface area contributed by atoms with E-state index >= 15 is 0 Å². The molecule has 2 N–H and O–H groups in total. The summed E-state index contributed by atoms with van der Waals surface area (Å²) in [5.41, 5.74) is 1.04. The Hall–Kier alpha value is -1.88. The van der Waals surface area contributed by atoms with Gasteiger partial charge >= 0.3 is 0 Å². The third-order valence-electron chi connectivity index (χ3n) is 5.16. The number of aliphatic hydroxyl groups is 1. The zero-order chi connectivity index (χ0) is 17.2. The lowest BCUT2D eigenvalue weighted by molar-refractivity contribution is -0.126. The molecule has 1 aliphatic carbocycles. The molecule has 1 aromatic rings. The molecule has 24 heavy (non-hydrogen) atoms. The average Bonchev–Trinajstić information content (AvgIpc) is 3.15. The van der Waals surface area contributed by atoms with Crippen molar-refractivity contribution in [3.8, 4) is 0 Å². The molecule has 0 radical (unpaired) electrons. The lowest BCUT2D eigenvalue weighted by Crippen LogP contribution is -2.35. The smallest absolute Gasteiger partial charge is 0.227 e. The van der Waals surface area contributed by atoms with Crippen LogP contribution in [-0.4, -0.2) is 29.1 Å². The minimum Gasteiger partial charge on any atom is -0.389 e. The van der Waals surface area contributed by atoms with Crippen molar-refractivity contribution >= 4 is 17.5 Å². The first kappa shape index (κ1) is 17.0. The molecule has 1 aromatic carbocycles. The van der Waals surface area contributed by atoms with Gasteiger partial charge in [0.1, 0.15) is 0 Å². The van der Waals surface area contributed by atoms with Crippen LogP contribution < -0.4 is 10.2 Å². The third kappa shape index (κ3) is 3.78. The summed E-state index contributed by atoms with van der Waals surface area (Å²) in [5, 5.41) is 13.3. The summed E-state index contributed by atoms with van der Waals surface area (Å²) < 4.78 is 0. The molecule has 2 aliphatic rings. The molecular weight excluding hydrogens is 304 g/mol. The van der Waals surface area contributed by atoms with Gasteiger partial charge in [0.15, 0.2) is 0 Å². The molecule has 1 atom stereocenters. The Labute approximate surface area is 143 Å². The van der Waals surface area contributed by atoms with Gasteiger partial charge in [0.25, 0.3) is 0 Å². The van der Waals surface area contributed by atoms with E-state index in [1.54, 1.807) is 4.90 Å². The van der Waals surface area contributed by atoms with E-state index in [0.717, 1.165) is 37.1 Å². The molecule has 2 amide bonds. The van der Waals surface area contributed by atoms with Gasteiger partial charge in [0.05, 0.1) is 18.1 Å². The molecule has 130 valence electrons. The van der Waals surface area contributed by atoms with Gasteiger partial charge in [-0.15, -0.1) is 0 Å². The van der Waals surface area contributed by atoms with Crippen LogP contribution in [0.3, 0.4) is 0 Å². The van der Waals surface area contributed by atoms with Crippen LogP contribution in [0.25, 0.3) is 0 Å². The number of carbonyl (C=O) groups is 2. The number of hydrogen-bond acceptors (Lipinski definition) is 3. The van der Waals surface area contributed by atoms with Crippen LogP contribution in [0.2, 0.25) is 0 Å². The summed E-state index contributed by atoms with van der Waals surface area (Å²) in [6.07, 6.45) is 5.07. The lowest BCUT2D eigenvalue weighted by Gasteiger charge is -2.23. The first-order chi connectivity index (χ1) is 11.5. The van der Waals surface area contributed by atoms with Crippen LogP contribution in [0, 0.1) is 0 Å². The van der Waals surface area contributed by atoms with Crippen LogP contribution in [0.4, 0.5) is 5.69 Å². The summed E-state index contributed by atoms with van der Waals surface area (Å²) in [5.74, 6) is 0.0434. The van der Waals surface area contributed by atoms with E-state index < -0.39 is 5.60 Å². The monoisotopic (exact) mass is 330 g/mol. The highest BCUT2D eigenvalue weighted by molar-refractivity contribution is 5.95. The van der Waals surface area contributed by atoms with Crippen LogP contribution in [-0.2, 0) is 9.59 Å². The number of anilines is 1. The van der Waals surface area contributed by atoms with E-state index in [-0.39, 0.29) is 24.3 Å². The van der Waals surface area contributed by atoms with Crippen LogP contribution in [0.15, 0.2) is 24.3 Å². The van der Waals surface area contributed by atoms with Crippen molar-refractivity contribution in [2.75, 3.05) is 11.4 Å². The highest BCUT2D eigenvalue weighted by atomic mass is 16.3. The van der Waals surface area contributed by atoms with E-state index in [2.05, 4.69) is 5.32 Å². The molecule has 0 spiro atoms. The van der Waals surface area contributed by atoms with Crippen molar-refractivity contribution in [2.24, 2.45) is 0 Å². The quantitative estimate of drug-likeness (QED) is 0.872. The Balaban J connectivity index is 1.63. The number of nitrogens with zero attached hydrogens (tertiary/aromatic N) is 1. The van der Waals surface area contributed by atoms with Crippen LogP contribution in [0.5, 0.6) is 0 Å². The van der Waals surface area contributed by atoms with Gasteiger partial charge < -0.3 is 15.3 Å². The predicted octanol–water partition coefficient (Wildman–Crippen LogP) is 2.69. The molecule has 1 unspecified atom stereocenters. The molecule has 0 bridgehead atoms. The molecule has 1 aliphatic heterocycles. The van der Waals surface area contributed by atoms with E-state index in [0.29, 0.717) is 19.3 Å². The number of nitrogens with one attached hydrogen (secondary N) is 1. The average molecular weight is 330 g/mol. The number of rotatable bonds is 5. The fourth-order valence-corrected chi connectivity index (χ4v) is 3.77. The SMILES string of the molecule is CC(NC(=O)CC1(O)CCCC1)c1cccc(N2CCCC2=O)c1. The van der Waals surface area contributed by atoms with Crippen molar-refractivity contribution < 1.29 is 14.7 Å². The molecule has 0 aromatic heterocycles. The first-order valence-electron chi connectivity index (χ1n) is 8.89. The van der Waals surface area contributed by atoms with Gasteiger partial charge in [-0.05, 0) is 43.9 Å². The minimum absolute atomic E-state index is 0.116. The van der Waals surface area contributed by atoms with E-state index in [4.69, 9.17) is 0 Å². The summed E-state index contributed by atoms with van der Waals surface area (Å²) in [6, 6.07) is 7.63. The maximum absolute atomic E-state index is 12.2. The van der Waals surface area contributed by atoms with Crippen LogP contribution in [0.1, 0.15) is 63.5 Å². The number of hydrogen-bond donors (Lipinski definition) is 2. The highest BCUT2D eigenvalue weighted by Gasteiger charge is 2.33. The summed E-state index contributed by atoms with van der Waals surface area (Å²) in [4.78, 5) is 25.9. The van der Waals surface area contributed by atoms with Gasteiger partial charge in [-0.1, -0.05) is 25.0 Å². The first-order valence-corrected chi connectivity index (χ1v) is 8.89. The number of benzene rings is 1. The Morgan fingerprint density at radius 2 is 2.08 bits per heavy atom. The summed E-state index contributed by atoms with van der Waals surface area (Å²) in [6.45, 7) is 2.69. The Bertz CT molecular complexity index is 623. The largest absolute Gasteiger partial charge is 0.389 e. The molecular formula is C19H26N2O3. The van der Waals surface area contributed by atoms with Gasteiger partial charge in [-0.25, -0.2) is 0 Å². The van der Waals surface area contributed by atoms with Crippen molar-refractivity contribution in [3.05, 3.63) is 29.8 Å². The van der Waals surface area contributed by atoms with Crippen molar-refractivity contribution in [2.45, 2.75) is 63.5 Å². The second-order valence-electron chi connectivity index (χ2n) is 7.14. The molecule has 5 heteroatoms. The van der Waals surface area contributed by atoms with Gasteiger partial charge in [-0.2, -0.15) is 0 Å². The number of carbonyl (C=O) groups excluding carboxylic acids is 2. The second kappa shape index (κ2) is 6.93. The van der Waals surface area contributed by atoms with Gasteiger partial charge in [0.2, 0.25) is 11.8 Å². The summed E-state index contributed by atoms with van der Waals surface area (Å²) in [7, 11) is 0. The Kier molecular flexibility index (Phi) is 4.90. The van der Waals surface area contributed by atoms with Crippen LogP contribution >= 0.6 is 0 Å². The zero-order valence-corrected chi connectivity index (χ0v) is 14.3. The zero-order valence-electron chi connectivity index (χ0n) is 14.3. The maximum Gasteiger partial charge on any atom is 0.227 e. The molecule has 2 fully saturated rings. The summed E-state index contributed by atoms with van der Waals surface area (Å²) >= 11 is 0. The molecule has 5 nitrogen and oxygen atoms in total. The fraction of sp³-hybridized carbons (Fsp3) is 0.579.